The van der Waals surface area contributed by atoms with Crippen molar-refractivity contribution in [3.63, 3.8) is 0 Å². The van der Waals surface area contributed by atoms with Crippen molar-refractivity contribution in [2.75, 3.05) is 0 Å². The number of fused-ring (bicyclic) bond motifs is 3. The molecule has 4 heteroatoms. The maximum atomic E-state index is 11.3. The van der Waals surface area contributed by atoms with Crippen LogP contribution >= 0.6 is 0 Å². The highest BCUT2D eigenvalue weighted by Gasteiger charge is 2.23. The van der Waals surface area contributed by atoms with Gasteiger partial charge in [-0.05, 0) is 24.1 Å². The average Bonchev–Trinajstić information content (AvgIpc) is 2.82. The molecule has 0 saturated carbocycles. The number of phenolic OH excluding ortho intramolecular Hbond substituents is 2. The molecule has 5 aromatic carbocycles. The molecule has 0 atom stereocenters. The van der Waals surface area contributed by atoms with Crippen molar-refractivity contribution in [1.82, 2.24) is 0 Å². The molecule has 31 heavy (non-hydrogen) atoms. The lowest BCUT2D eigenvalue weighted by atomic mass is 9.92. The lowest BCUT2D eigenvalue weighted by Crippen LogP contribution is -1.94. The number of ether oxygens (including phenoxy) is 1. The van der Waals surface area contributed by atoms with Crippen LogP contribution in [-0.2, 0) is 6.42 Å². The second-order valence-corrected chi connectivity index (χ2v) is 7.45. The fourth-order valence-electron chi connectivity index (χ4n) is 4.17. The summed E-state index contributed by atoms with van der Waals surface area (Å²) in [6.07, 6.45) is 0.920. The summed E-state index contributed by atoms with van der Waals surface area (Å²) in [4.78, 5) is 0. The van der Waals surface area contributed by atoms with Crippen molar-refractivity contribution in [3.8, 4) is 29.1 Å². The van der Waals surface area contributed by atoms with Crippen molar-refractivity contribution in [1.29, 1.82) is 5.26 Å². The number of phenols is 2. The maximum absolute atomic E-state index is 11.3. The van der Waals surface area contributed by atoms with Crippen LogP contribution in [0.5, 0.6) is 23.0 Å². The highest BCUT2D eigenvalue weighted by Crippen LogP contribution is 2.51. The second kappa shape index (κ2) is 7.23. The molecule has 0 spiro atoms. The highest BCUT2D eigenvalue weighted by molar-refractivity contribution is 6.21. The van der Waals surface area contributed by atoms with Crippen molar-refractivity contribution in [3.05, 3.63) is 83.9 Å². The van der Waals surface area contributed by atoms with Gasteiger partial charge in [0, 0.05) is 21.5 Å². The molecule has 0 aliphatic carbocycles. The zero-order valence-corrected chi connectivity index (χ0v) is 16.9. The van der Waals surface area contributed by atoms with Gasteiger partial charge in [-0.15, -0.1) is 0 Å². The fourth-order valence-corrected chi connectivity index (χ4v) is 4.17. The van der Waals surface area contributed by atoms with Gasteiger partial charge in [-0.1, -0.05) is 67.6 Å². The van der Waals surface area contributed by atoms with Crippen molar-refractivity contribution >= 4 is 32.3 Å². The predicted octanol–water partition coefficient (Wildman–Crippen LogP) is 6.78. The minimum Gasteiger partial charge on any atom is -0.507 e. The van der Waals surface area contributed by atoms with Crippen LogP contribution in [0.2, 0.25) is 0 Å². The zero-order valence-electron chi connectivity index (χ0n) is 16.9. The van der Waals surface area contributed by atoms with Crippen molar-refractivity contribution in [2.45, 2.75) is 13.3 Å². The molecule has 5 rings (SSSR count). The molecule has 150 valence electrons. The standard InChI is InChI=1S/C27H19NO3/c1-2-16-11-13-17(14-12-16)31-27-21-10-6-5-9-20(21)25(29)23-22(15-28)18-7-3-4-8-19(18)26(30)24(23)27/h3-14,29-30H,2H2,1H3. The number of nitrogens with zero attached hydrogens (tertiary/aromatic N) is 1. The first-order valence-electron chi connectivity index (χ1n) is 10.1. The van der Waals surface area contributed by atoms with E-state index in [2.05, 4.69) is 13.0 Å². The van der Waals surface area contributed by atoms with Gasteiger partial charge in [0.15, 0.2) is 0 Å². The molecule has 0 bridgehead atoms. The molecular weight excluding hydrogens is 386 g/mol. The number of aromatic hydroxyl groups is 2. The quantitative estimate of drug-likeness (QED) is 0.324. The Bertz CT molecular complexity index is 1510. The zero-order chi connectivity index (χ0) is 21.5. The molecule has 0 aliphatic rings. The van der Waals surface area contributed by atoms with Gasteiger partial charge in [0.1, 0.15) is 29.1 Å². The number of rotatable bonds is 3. The normalized spacial score (nSPS) is 11.1. The summed E-state index contributed by atoms with van der Waals surface area (Å²) in [5, 5.41) is 35.3. The molecule has 0 saturated heterocycles. The summed E-state index contributed by atoms with van der Waals surface area (Å²) < 4.78 is 6.31. The van der Waals surface area contributed by atoms with Gasteiger partial charge in [0.05, 0.1) is 16.3 Å². The second-order valence-electron chi connectivity index (χ2n) is 7.45. The van der Waals surface area contributed by atoms with Crippen LogP contribution in [-0.4, -0.2) is 10.2 Å². The SMILES string of the molecule is CCc1ccc(Oc2c3ccccc3c(O)c3c(C#N)c4ccccc4c(O)c23)cc1. The number of hydrogen-bond donors (Lipinski definition) is 2. The molecule has 0 unspecified atom stereocenters. The van der Waals surface area contributed by atoms with Crippen LogP contribution < -0.4 is 4.74 Å². The average molecular weight is 405 g/mol. The summed E-state index contributed by atoms with van der Waals surface area (Å²) in [6, 6.07) is 24.4. The Hall–Kier alpha value is -4.23. The lowest BCUT2D eigenvalue weighted by molar-refractivity contribution is 0.469. The first-order valence-corrected chi connectivity index (χ1v) is 10.1. The van der Waals surface area contributed by atoms with E-state index in [-0.39, 0.29) is 16.9 Å². The summed E-state index contributed by atoms with van der Waals surface area (Å²) in [5.41, 5.74) is 1.49. The van der Waals surface area contributed by atoms with E-state index in [1.54, 1.807) is 30.3 Å². The van der Waals surface area contributed by atoms with Gasteiger partial charge in [0.25, 0.3) is 0 Å². The third kappa shape index (κ3) is 2.83. The molecule has 0 heterocycles. The van der Waals surface area contributed by atoms with E-state index >= 15 is 0 Å². The third-order valence-corrected chi connectivity index (χ3v) is 5.74. The number of benzene rings is 5. The van der Waals surface area contributed by atoms with Gasteiger partial charge < -0.3 is 14.9 Å². The monoisotopic (exact) mass is 405 g/mol. The highest BCUT2D eigenvalue weighted by atomic mass is 16.5. The van der Waals surface area contributed by atoms with Crippen molar-refractivity contribution in [2.24, 2.45) is 0 Å². The van der Waals surface area contributed by atoms with Gasteiger partial charge in [-0.25, -0.2) is 0 Å². The number of nitriles is 1. The number of hydrogen-bond acceptors (Lipinski definition) is 4. The molecule has 0 aromatic heterocycles. The van der Waals surface area contributed by atoms with E-state index in [0.29, 0.717) is 44.0 Å². The lowest BCUT2D eigenvalue weighted by Gasteiger charge is -2.18. The van der Waals surface area contributed by atoms with Crippen LogP contribution in [0.3, 0.4) is 0 Å². The largest absolute Gasteiger partial charge is 0.507 e. The molecule has 5 aromatic rings. The summed E-state index contributed by atoms with van der Waals surface area (Å²) in [7, 11) is 0. The fraction of sp³-hybridized carbons (Fsp3) is 0.0741. The van der Waals surface area contributed by atoms with E-state index in [4.69, 9.17) is 4.74 Å². The van der Waals surface area contributed by atoms with E-state index in [0.717, 1.165) is 6.42 Å². The summed E-state index contributed by atoms with van der Waals surface area (Å²) in [6.45, 7) is 2.09. The van der Waals surface area contributed by atoms with E-state index in [9.17, 15) is 15.5 Å². The minimum absolute atomic E-state index is 0.0224. The number of aryl methyl sites for hydroxylation is 1. The Labute approximate surface area is 179 Å². The Balaban J connectivity index is 1.95. The van der Waals surface area contributed by atoms with Crippen LogP contribution in [0.4, 0.5) is 0 Å². The Morgan fingerprint density at radius 1 is 0.742 bits per heavy atom. The smallest absolute Gasteiger partial charge is 0.147 e. The topological polar surface area (TPSA) is 73.5 Å². The van der Waals surface area contributed by atoms with Crippen molar-refractivity contribution < 1.29 is 14.9 Å². The molecule has 0 aliphatic heterocycles. The third-order valence-electron chi connectivity index (χ3n) is 5.74. The molecule has 2 N–H and O–H groups in total. The Morgan fingerprint density at radius 2 is 1.29 bits per heavy atom. The minimum atomic E-state index is -0.0446. The van der Waals surface area contributed by atoms with Gasteiger partial charge in [-0.2, -0.15) is 5.26 Å². The van der Waals surface area contributed by atoms with E-state index in [1.807, 2.05) is 42.5 Å². The van der Waals surface area contributed by atoms with Gasteiger partial charge >= 0.3 is 0 Å². The molecule has 0 fully saturated rings. The first-order chi connectivity index (χ1) is 15.1. The Kier molecular flexibility index (Phi) is 4.38. The van der Waals surface area contributed by atoms with Gasteiger partial charge in [-0.3, -0.25) is 0 Å². The van der Waals surface area contributed by atoms with Crippen LogP contribution in [0.15, 0.2) is 72.8 Å². The first kappa shape index (κ1) is 18.8. The van der Waals surface area contributed by atoms with Crippen LogP contribution in [0.1, 0.15) is 18.1 Å². The summed E-state index contributed by atoms with van der Waals surface area (Å²) >= 11 is 0. The maximum Gasteiger partial charge on any atom is 0.147 e. The molecule has 4 nitrogen and oxygen atoms in total. The van der Waals surface area contributed by atoms with E-state index in [1.165, 1.54) is 5.56 Å². The van der Waals surface area contributed by atoms with Crippen LogP contribution in [0.25, 0.3) is 32.3 Å². The van der Waals surface area contributed by atoms with Crippen LogP contribution in [0, 0.1) is 11.3 Å². The van der Waals surface area contributed by atoms with E-state index < -0.39 is 0 Å². The summed E-state index contributed by atoms with van der Waals surface area (Å²) in [5.74, 6) is 0.954. The molecule has 0 amide bonds. The molecular formula is C27H19NO3. The predicted molar refractivity (Wildman–Crippen MR) is 123 cm³/mol. The molecule has 0 radical (unpaired) electrons. The Morgan fingerprint density at radius 3 is 1.90 bits per heavy atom. The van der Waals surface area contributed by atoms with Gasteiger partial charge in [0.2, 0.25) is 0 Å².